The summed E-state index contributed by atoms with van der Waals surface area (Å²) in [6.45, 7) is 2.30. The third kappa shape index (κ3) is 6.91. The zero-order chi connectivity index (χ0) is 21.2. The summed E-state index contributed by atoms with van der Waals surface area (Å²) in [5.74, 6) is 0.681. The van der Waals surface area contributed by atoms with E-state index >= 15 is 0 Å². The van der Waals surface area contributed by atoms with Gasteiger partial charge in [0.25, 0.3) is 0 Å². The molecule has 0 unspecified atom stereocenters. The maximum absolute atomic E-state index is 13.1. The second-order valence-electron chi connectivity index (χ2n) is 7.94. The Bertz CT molecular complexity index is 791. The molecule has 2 amide bonds. The van der Waals surface area contributed by atoms with E-state index in [1.165, 1.54) is 19.3 Å². The van der Waals surface area contributed by atoms with Crippen molar-refractivity contribution in [3.05, 3.63) is 66.2 Å². The number of hydrogen-bond donors (Lipinski definition) is 1. The van der Waals surface area contributed by atoms with Crippen molar-refractivity contribution in [2.45, 2.75) is 69.0 Å². The number of nitrogens with zero attached hydrogens (tertiary/aromatic N) is 1. The number of nitrogens with one attached hydrogen (secondary N) is 1. The monoisotopic (exact) mass is 424 g/mol. The zero-order valence-corrected chi connectivity index (χ0v) is 18.6. The molecule has 1 aliphatic carbocycles. The van der Waals surface area contributed by atoms with Crippen LogP contribution in [0.2, 0.25) is 0 Å². The maximum atomic E-state index is 13.1. The Kier molecular flexibility index (Phi) is 8.81. The van der Waals surface area contributed by atoms with Crippen LogP contribution in [0.1, 0.15) is 51.0 Å². The fourth-order valence-electron chi connectivity index (χ4n) is 3.85. The predicted molar refractivity (Wildman–Crippen MR) is 123 cm³/mol. The van der Waals surface area contributed by atoms with Gasteiger partial charge in [-0.05, 0) is 37.5 Å². The van der Waals surface area contributed by atoms with Gasteiger partial charge in [-0.25, -0.2) is 0 Å². The lowest BCUT2D eigenvalue weighted by Gasteiger charge is -2.31. The summed E-state index contributed by atoms with van der Waals surface area (Å²) in [5.41, 5.74) is 1.04. The average Bonchev–Trinajstić information content (AvgIpc) is 2.79. The Balaban J connectivity index is 1.62. The molecule has 30 heavy (non-hydrogen) atoms. The predicted octanol–water partition coefficient (Wildman–Crippen LogP) is 5.04. The molecule has 0 spiro atoms. The molecule has 160 valence electrons. The molecule has 1 aliphatic rings. The van der Waals surface area contributed by atoms with Crippen LogP contribution in [0.15, 0.2) is 65.6 Å². The molecular formula is C25H32N2O2S. The Morgan fingerprint density at radius 2 is 1.63 bits per heavy atom. The molecule has 0 aliphatic heterocycles. The highest BCUT2D eigenvalue weighted by Gasteiger charge is 2.27. The van der Waals surface area contributed by atoms with Crippen LogP contribution in [0, 0.1) is 0 Å². The van der Waals surface area contributed by atoms with Gasteiger partial charge in [0, 0.05) is 29.7 Å². The highest BCUT2D eigenvalue weighted by molar-refractivity contribution is 7.99. The normalized spacial score (nSPS) is 15.4. The maximum Gasteiger partial charge on any atom is 0.242 e. The number of benzene rings is 2. The smallest absolute Gasteiger partial charge is 0.242 e. The van der Waals surface area contributed by atoms with Crippen LogP contribution in [-0.2, 0) is 16.1 Å². The van der Waals surface area contributed by atoms with Crippen LogP contribution in [0.4, 0.5) is 0 Å². The second kappa shape index (κ2) is 11.8. The molecule has 1 saturated carbocycles. The third-order valence-electron chi connectivity index (χ3n) is 5.64. The van der Waals surface area contributed by atoms with E-state index in [0.717, 1.165) is 23.3 Å². The number of hydrogen-bond acceptors (Lipinski definition) is 3. The van der Waals surface area contributed by atoms with Gasteiger partial charge in [0.05, 0.1) is 0 Å². The fraction of sp³-hybridized carbons (Fsp3) is 0.440. The van der Waals surface area contributed by atoms with E-state index in [0.29, 0.717) is 18.7 Å². The fourth-order valence-corrected chi connectivity index (χ4v) is 4.71. The molecule has 0 radical (unpaired) electrons. The molecule has 1 N–H and O–H groups in total. The van der Waals surface area contributed by atoms with Crippen molar-refractivity contribution in [2.24, 2.45) is 0 Å². The van der Waals surface area contributed by atoms with E-state index in [1.54, 1.807) is 16.7 Å². The summed E-state index contributed by atoms with van der Waals surface area (Å²) in [6.07, 6.45) is 6.08. The van der Waals surface area contributed by atoms with Crippen molar-refractivity contribution in [3.8, 4) is 0 Å². The minimum absolute atomic E-state index is 0.0218. The lowest BCUT2D eigenvalue weighted by Crippen LogP contribution is -2.50. The van der Waals surface area contributed by atoms with Crippen molar-refractivity contribution in [1.82, 2.24) is 10.2 Å². The number of carbonyl (C=O) groups is 2. The Morgan fingerprint density at radius 3 is 2.30 bits per heavy atom. The van der Waals surface area contributed by atoms with Crippen molar-refractivity contribution >= 4 is 23.6 Å². The molecule has 4 nitrogen and oxygen atoms in total. The SMILES string of the molecule is C[C@@H](C(=O)NC1CCCCC1)N(Cc1ccccc1)C(=O)CCSc1ccccc1. The number of rotatable bonds is 9. The van der Waals surface area contributed by atoms with Crippen molar-refractivity contribution < 1.29 is 9.59 Å². The van der Waals surface area contributed by atoms with E-state index in [-0.39, 0.29) is 17.9 Å². The Morgan fingerprint density at radius 1 is 1.00 bits per heavy atom. The van der Waals surface area contributed by atoms with Gasteiger partial charge >= 0.3 is 0 Å². The molecule has 0 aromatic heterocycles. The first-order valence-electron chi connectivity index (χ1n) is 10.9. The number of amides is 2. The summed E-state index contributed by atoms with van der Waals surface area (Å²) in [4.78, 5) is 28.9. The molecule has 0 bridgehead atoms. The topological polar surface area (TPSA) is 49.4 Å². The van der Waals surface area contributed by atoms with Gasteiger partial charge < -0.3 is 10.2 Å². The van der Waals surface area contributed by atoms with Crippen molar-refractivity contribution in [3.63, 3.8) is 0 Å². The van der Waals surface area contributed by atoms with Crippen LogP contribution < -0.4 is 5.32 Å². The van der Waals surface area contributed by atoms with E-state index in [4.69, 9.17) is 0 Å². The minimum atomic E-state index is -0.485. The summed E-state index contributed by atoms with van der Waals surface area (Å²) in [7, 11) is 0. The highest BCUT2D eigenvalue weighted by atomic mass is 32.2. The summed E-state index contributed by atoms with van der Waals surface area (Å²) in [6, 6.07) is 19.8. The lowest BCUT2D eigenvalue weighted by atomic mass is 9.95. The van der Waals surface area contributed by atoms with Crippen LogP contribution in [0.25, 0.3) is 0 Å². The second-order valence-corrected chi connectivity index (χ2v) is 9.11. The van der Waals surface area contributed by atoms with Gasteiger partial charge in [-0.2, -0.15) is 0 Å². The van der Waals surface area contributed by atoms with Crippen LogP contribution in [0.5, 0.6) is 0 Å². The van der Waals surface area contributed by atoms with E-state index in [9.17, 15) is 9.59 Å². The largest absolute Gasteiger partial charge is 0.352 e. The number of thioether (sulfide) groups is 1. The minimum Gasteiger partial charge on any atom is -0.352 e. The van der Waals surface area contributed by atoms with Gasteiger partial charge in [-0.1, -0.05) is 67.8 Å². The first-order chi connectivity index (χ1) is 14.6. The molecule has 3 rings (SSSR count). The third-order valence-corrected chi connectivity index (χ3v) is 6.66. The van der Waals surface area contributed by atoms with Gasteiger partial charge in [0.15, 0.2) is 0 Å². The highest BCUT2D eigenvalue weighted by Crippen LogP contribution is 2.20. The molecule has 5 heteroatoms. The molecule has 2 aromatic rings. The van der Waals surface area contributed by atoms with Crippen LogP contribution in [-0.4, -0.2) is 34.6 Å². The summed E-state index contributed by atoms with van der Waals surface area (Å²) < 4.78 is 0. The van der Waals surface area contributed by atoms with E-state index in [1.807, 2.05) is 55.5 Å². The molecular weight excluding hydrogens is 392 g/mol. The quantitative estimate of drug-likeness (QED) is 0.574. The zero-order valence-electron chi connectivity index (χ0n) is 17.8. The van der Waals surface area contributed by atoms with Crippen molar-refractivity contribution in [2.75, 3.05) is 5.75 Å². The van der Waals surface area contributed by atoms with Gasteiger partial charge in [-0.15, -0.1) is 11.8 Å². The molecule has 0 saturated heterocycles. The first-order valence-corrected chi connectivity index (χ1v) is 11.9. The molecule has 1 atom stereocenters. The Labute approximate surface area is 184 Å². The van der Waals surface area contributed by atoms with Gasteiger partial charge in [-0.3, -0.25) is 9.59 Å². The summed E-state index contributed by atoms with van der Waals surface area (Å²) in [5, 5.41) is 3.18. The first kappa shape index (κ1) is 22.4. The summed E-state index contributed by atoms with van der Waals surface area (Å²) >= 11 is 1.67. The molecule has 2 aromatic carbocycles. The lowest BCUT2D eigenvalue weighted by molar-refractivity contribution is -0.140. The van der Waals surface area contributed by atoms with Gasteiger partial charge in [0.1, 0.15) is 6.04 Å². The van der Waals surface area contributed by atoms with Crippen LogP contribution >= 0.6 is 11.8 Å². The molecule has 1 fully saturated rings. The standard InChI is InChI=1S/C25H32N2O2S/c1-20(25(29)26-22-13-7-3-8-14-22)27(19-21-11-5-2-6-12-21)24(28)17-18-30-23-15-9-4-10-16-23/h2,4-6,9-12,15-16,20,22H,3,7-8,13-14,17-19H2,1H3,(H,26,29)/t20-/m0/s1. The van der Waals surface area contributed by atoms with Crippen LogP contribution in [0.3, 0.4) is 0 Å². The average molecular weight is 425 g/mol. The molecule has 0 heterocycles. The Hall–Kier alpha value is -2.27. The van der Waals surface area contributed by atoms with E-state index in [2.05, 4.69) is 17.4 Å². The van der Waals surface area contributed by atoms with Gasteiger partial charge in [0.2, 0.25) is 11.8 Å². The number of carbonyl (C=O) groups excluding carboxylic acids is 2. The van der Waals surface area contributed by atoms with E-state index < -0.39 is 6.04 Å². The van der Waals surface area contributed by atoms with Crippen molar-refractivity contribution in [1.29, 1.82) is 0 Å².